The molecule has 1 unspecified atom stereocenters. The van der Waals surface area contributed by atoms with Gasteiger partial charge in [0.2, 0.25) is 5.91 Å². The molecule has 132 valence electrons. The van der Waals surface area contributed by atoms with Gasteiger partial charge >= 0.3 is 0 Å². The van der Waals surface area contributed by atoms with E-state index in [1.807, 2.05) is 19.9 Å². The molecule has 0 aliphatic rings. The van der Waals surface area contributed by atoms with Gasteiger partial charge in [-0.05, 0) is 43.5 Å². The van der Waals surface area contributed by atoms with Crippen LogP contribution in [0, 0.1) is 5.82 Å². The summed E-state index contributed by atoms with van der Waals surface area (Å²) in [4.78, 5) is 12.3. The van der Waals surface area contributed by atoms with Crippen molar-refractivity contribution in [3.8, 4) is 0 Å². The summed E-state index contributed by atoms with van der Waals surface area (Å²) in [6, 6.07) is 6.95. The molecule has 2 aromatic rings. The second-order valence-corrected chi connectivity index (χ2v) is 6.21. The molecule has 1 aromatic carbocycles. The number of carbonyl (C=O) groups is 1. The normalized spacial score (nSPS) is 11.7. The van der Waals surface area contributed by atoms with Crippen LogP contribution >= 0.6 is 0 Å². The third-order valence-electron chi connectivity index (χ3n) is 3.63. The summed E-state index contributed by atoms with van der Waals surface area (Å²) >= 11 is 0. The molecular weight excluding hydrogens is 319 g/mol. The van der Waals surface area contributed by atoms with Crippen molar-refractivity contribution in [1.29, 1.82) is 0 Å². The fourth-order valence-corrected chi connectivity index (χ4v) is 2.35. The number of nitrogens with zero attached hydrogens (tertiary/aromatic N) is 2. The van der Waals surface area contributed by atoms with Crippen LogP contribution in [-0.4, -0.2) is 21.7 Å². The highest BCUT2D eigenvalue weighted by molar-refractivity contribution is 5.94. The Kier molecular flexibility index (Phi) is 5.88. The van der Waals surface area contributed by atoms with Crippen molar-refractivity contribution in [2.75, 3.05) is 5.32 Å². The summed E-state index contributed by atoms with van der Waals surface area (Å²) in [6.45, 7) is 7.93. The molecule has 2 rings (SSSR count). The van der Waals surface area contributed by atoms with Crippen molar-refractivity contribution in [1.82, 2.24) is 9.78 Å². The first-order valence-electron chi connectivity index (χ1n) is 7.95. The first kappa shape index (κ1) is 18.6. The maximum atomic E-state index is 12.9. The summed E-state index contributed by atoms with van der Waals surface area (Å²) in [5, 5.41) is 7.12. The van der Waals surface area contributed by atoms with Crippen LogP contribution in [0.4, 0.5) is 10.2 Å². The lowest BCUT2D eigenvalue weighted by atomic mass is 10.1. The quantitative estimate of drug-likeness (QED) is 0.793. The Labute approximate surface area is 147 Å². The number of carbonyl (C=O) groups excluding carboxylic acids is 1. The molecule has 25 heavy (non-hydrogen) atoms. The number of hydrogen-bond donors (Lipinski definition) is 2. The van der Waals surface area contributed by atoms with Crippen molar-refractivity contribution in [2.45, 2.75) is 26.3 Å². The van der Waals surface area contributed by atoms with Crippen molar-refractivity contribution in [2.24, 2.45) is 12.8 Å². The highest BCUT2D eigenvalue weighted by Gasteiger charge is 2.17. The van der Waals surface area contributed by atoms with E-state index in [2.05, 4.69) is 17.0 Å². The van der Waals surface area contributed by atoms with Crippen LogP contribution < -0.4 is 11.1 Å². The van der Waals surface area contributed by atoms with E-state index in [9.17, 15) is 9.18 Å². The van der Waals surface area contributed by atoms with Crippen LogP contribution in [-0.2, 0) is 18.3 Å². The number of rotatable bonds is 6. The topological polar surface area (TPSA) is 72.9 Å². The van der Waals surface area contributed by atoms with Crippen LogP contribution in [0.3, 0.4) is 0 Å². The fourth-order valence-electron chi connectivity index (χ4n) is 2.35. The minimum atomic E-state index is -0.746. The second kappa shape index (κ2) is 7.90. The predicted molar refractivity (Wildman–Crippen MR) is 98.4 cm³/mol. The number of hydrogen-bond acceptors (Lipinski definition) is 3. The predicted octanol–water partition coefficient (Wildman–Crippen LogP) is 3.05. The van der Waals surface area contributed by atoms with Crippen LogP contribution in [0.5, 0.6) is 0 Å². The zero-order valence-electron chi connectivity index (χ0n) is 14.7. The Hall–Kier alpha value is -2.73. The summed E-state index contributed by atoms with van der Waals surface area (Å²) in [7, 11) is 1.74. The first-order valence-corrected chi connectivity index (χ1v) is 7.95. The van der Waals surface area contributed by atoms with E-state index in [1.165, 1.54) is 12.1 Å². The summed E-state index contributed by atoms with van der Waals surface area (Å²) in [6.07, 6.45) is 2.25. The Morgan fingerprint density at radius 2 is 2.04 bits per heavy atom. The number of allylic oxidation sites excluding steroid dienone is 3. The fraction of sp³-hybridized carbons (Fsp3) is 0.263. The SMILES string of the molecule is C=C(C=C(C)C)c1cc(NC(=O)C(N)Cc2ccc(F)cc2)n(C)n1. The zero-order chi connectivity index (χ0) is 18.6. The zero-order valence-corrected chi connectivity index (χ0v) is 14.7. The molecule has 3 N–H and O–H groups in total. The lowest BCUT2D eigenvalue weighted by Gasteiger charge is -2.12. The van der Waals surface area contributed by atoms with E-state index >= 15 is 0 Å². The Bertz CT molecular complexity index is 801. The number of halogens is 1. The number of anilines is 1. The number of benzene rings is 1. The van der Waals surface area contributed by atoms with Crippen LogP contribution in [0.1, 0.15) is 25.1 Å². The van der Waals surface area contributed by atoms with Crippen molar-refractivity contribution in [3.63, 3.8) is 0 Å². The summed E-state index contributed by atoms with van der Waals surface area (Å²) in [5.74, 6) is -0.106. The molecule has 5 nitrogen and oxygen atoms in total. The van der Waals surface area contributed by atoms with Gasteiger partial charge in [-0.25, -0.2) is 4.39 Å². The molecule has 1 amide bonds. The molecule has 0 saturated heterocycles. The Morgan fingerprint density at radius 1 is 1.40 bits per heavy atom. The molecule has 1 aromatic heterocycles. The van der Waals surface area contributed by atoms with E-state index in [0.717, 1.165) is 16.7 Å². The lowest BCUT2D eigenvalue weighted by molar-refractivity contribution is -0.117. The number of nitrogens with one attached hydrogen (secondary N) is 1. The summed E-state index contributed by atoms with van der Waals surface area (Å²) < 4.78 is 14.5. The van der Waals surface area contributed by atoms with Gasteiger partial charge in [-0.1, -0.05) is 30.4 Å². The van der Waals surface area contributed by atoms with Crippen molar-refractivity contribution < 1.29 is 9.18 Å². The van der Waals surface area contributed by atoms with Gasteiger partial charge in [0.15, 0.2) is 0 Å². The molecule has 0 saturated carbocycles. The number of nitrogens with two attached hydrogens (primary N) is 1. The van der Waals surface area contributed by atoms with Crippen molar-refractivity contribution >= 4 is 17.3 Å². The number of aryl methyl sites for hydroxylation is 1. The van der Waals surface area contributed by atoms with Gasteiger partial charge in [0, 0.05) is 13.1 Å². The molecular formula is C19H23FN4O. The largest absolute Gasteiger partial charge is 0.320 e. The molecule has 1 atom stereocenters. The van der Waals surface area contributed by atoms with Crippen LogP contribution in [0.15, 0.2) is 48.6 Å². The maximum Gasteiger partial charge on any atom is 0.242 e. The molecule has 0 aliphatic heterocycles. The monoisotopic (exact) mass is 342 g/mol. The molecule has 0 spiro atoms. The smallest absolute Gasteiger partial charge is 0.242 e. The number of aromatic nitrogens is 2. The van der Waals surface area contributed by atoms with Gasteiger partial charge in [-0.3, -0.25) is 9.48 Å². The van der Waals surface area contributed by atoms with E-state index in [1.54, 1.807) is 29.9 Å². The Morgan fingerprint density at radius 3 is 2.64 bits per heavy atom. The third-order valence-corrected chi connectivity index (χ3v) is 3.63. The van der Waals surface area contributed by atoms with E-state index in [-0.39, 0.29) is 11.7 Å². The van der Waals surface area contributed by atoms with Gasteiger partial charge < -0.3 is 11.1 Å². The molecule has 0 fully saturated rings. The average molecular weight is 342 g/mol. The molecule has 0 radical (unpaired) electrons. The van der Waals surface area contributed by atoms with E-state index in [0.29, 0.717) is 17.9 Å². The first-order chi connectivity index (χ1) is 11.8. The van der Waals surface area contributed by atoms with Crippen molar-refractivity contribution in [3.05, 3.63) is 65.6 Å². The molecule has 6 heteroatoms. The second-order valence-electron chi connectivity index (χ2n) is 6.21. The Balaban J connectivity index is 2.04. The third kappa shape index (κ3) is 5.12. The van der Waals surface area contributed by atoms with Gasteiger partial charge in [0.05, 0.1) is 11.7 Å². The lowest BCUT2D eigenvalue weighted by Crippen LogP contribution is -2.37. The standard InChI is InChI=1S/C19H23FN4O/c1-12(2)9-13(3)17-11-18(24(4)23-17)22-19(25)16(21)10-14-5-7-15(20)8-6-14/h5-9,11,16H,3,10,21H2,1-2,4H3,(H,22,25). The van der Waals surface area contributed by atoms with Gasteiger partial charge in [0.25, 0.3) is 0 Å². The molecule has 0 aliphatic carbocycles. The van der Waals surface area contributed by atoms with Crippen LogP contribution in [0.2, 0.25) is 0 Å². The minimum Gasteiger partial charge on any atom is -0.320 e. The molecule has 1 heterocycles. The maximum absolute atomic E-state index is 12.9. The number of amides is 1. The highest BCUT2D eigenvalue weighted by Crippen LogP contribution is 2.18. The van der Waals surface area contributed by atoms with Gasteiger partial charge in [-0.15, -0.1) is 0 Å². The van der Waals surface area contributed by atoms with Gasteiger partial charge in [-0.2, -0.15) is 5.10 Å². The van der Waals surface area contributed by atoms with Gasteiger partial charge in [0.1, 0.15) is 11.6 Å². The van der Waals surface area contributed by atoms with E-state index < -0.39 is 6.04 Å². The molecule has 0 bridgehead atoms. The highest BCUT2D eigenvalue weighted by atomic mass is 19.1. The van der Waals surface area contributed by atoms with E-state index in [4.69, 9.17) is 5.73 Å². The average Bonchev–Trinajstić information content (AvgIpc) is 2.90. The van der Waals surface area contributed by atoms with Crippen LogP contribution in [0.25, 0.3) is 5.57 Å². The summed E-state index contributed by atoms with van der Waals surface area (Å²) in [5.41, 5.74) is 9.32. The minimum absolute atomic E-state index is 0.319.